The molecule has 1 atom stereocenters. The van der Waals surface area contributed by atoms with E-state index in [0.29, 0.717) is 17.1 Å². The summed E-state index contributed by atoms with van der Waals surface area (Å²) in [6.07, 6.45) is 0. The van der Waals surface area contributed by atoms with Gasteiger partial charge in [-0.1, -0.05) is 54.2 Å². The highest BCUT2D eigenvalue weighted by atomic mass is 32.2. The van der Waals surface area contributed by atoms with Gasteiger partial charge >= 0.3 is 0 Å². The molecule has 0 aliphatic rings. The van der Waals surface area contributed by atoms with Gasteiger partial charge in [0.1, 0.15) is 5.75 Å². The molecule has 6 nitrogen and oxygen atoms in total. The van der Waals surface area contributed by atoms with Crippen molar-refractivity contribution in [1.29, 1.82) is 0 Å². The number of methoxy groups -OCH3 is 1. The molecule has 3 aromatic carbocycles. The van der Waals surface area contributed by atoms with Gasteiger partial charge in [-0.2, -0.15) is 0 Å². The standard InChI is InChI=1S/C27H28N4O2S/c1-18-9-8-12-24(19(18)2)31-25(17-28-26(32)22-13-15-23(33-4)16-14-22)29-30-27(31)34-20(3)21-10-6-5-7-11-21/h5-16,20H,17H2,1-4H3,(H,28,32). The van der Waals surface area contributed by atoms with Crippen LogP contribution < -0.4 is 10.1 Å². The van der Waals surface area contributed by atoms with Gasteiger partial charge in [0, 0.05) is 10.8 Å². The maximum absolute atomic E-state index is 12.7. The van der Waals surface area contributed by atoms with Gasteiger partial charge in [-0.05, 0) is 67.8 Å². The van der Waals surface area contributed by atoms with Crippen LogP contribution in [0.2, 0.25) is 0 Å². The van der Waals surface area contributed by atoms with E-state index in [1.165, 1.54) is 11.1 Å². The van der Waals surface area contributed by atoms with Crippen molar-refractivity contribution in [3.8, 4) is 11.4 Å². The number of ether oxygens (including phenoxy) is 1. The van der Waals surface area contributed by atoms with Gasteiger partial charge in [0.15, 0.2) is 11.0 Å². The zero-order valence-electron chi connectivity index (χ0n) is 19.8. The molecule has 7 heteroatoms. The molecule has 1 heterocycles. The highest BCUT2D eigenvalue weighted by molar-refractivity contribution is 7.99. The molecule has 4 rings (SSSR count). The van der Waals surface area contributed by atoms with E-state index in [-0.39, 0.29) is 17.7 Å². The van der Waals surface area contributed by atoms with Crippen LogP contribution in [0.5, 0.6) is 5.75 Å². The van der Waals surface area contributed by atoms with Crippen LogP contribution in [0.1, 0.15) is 45.0 Å². The summed E-state index contributed by atoms with van der Waals surface area (Å²) in [4.78, 5) is 12.7. The van der Waals surface area contributed by atoms with E-state index >= 15 is 0 Å². The Hall–Kier alpha value is -3.58. The van der Waals surface area contributed by atoms with Crippen LogP contribution in [0, 0.1) is 13.8 Å². The minimum atomic E-state index is -0.176. The van der Waals surface area contributed by atoms with Crippen LogP contribution in [0.4, 0.5) is 0 Å². The molecule has 174 valence electrons. The van der Waals surface area contributed by atoms with Crippen molar-refractivity contribution in [2.75, 3.05) is 7.11 Å². The number of aryl methyl sites for hydroxylation is 1. The molecule has 0 radical (unpaired) electrons. The number of benzene rings is 3. The Kier molecular flexibility index (Phi) is 7.33. The predicted molar refractivity (Wildman–Crippen MR) is 136 cm³/mol. The molecule has 0 saturated carbocycles. The summed E-state index contributed by atoms with van der Waals surface area (Å²) >= 11 is 1.65. The molecule has 0 fully saturated rings. The topological polar surface area (TPSA) is 69.0 Å². The molecule has 34 heavy (non-hydrogen) atoms. The lowest BCUT2D eigenvalue weighted by molar-refractivity contribution is 0.0949. The average molecular weight is 473 g/mol. The monoisotopic (exact) mass is 472 g/mol. The lowest BCUT2D eigenvalue weighted by Gasteiger charge is -2.17. The van der Waals surface area contributed by atoms with Gasteiger partial charge in [-0.15, -0.1) is 10.2 Å². The summed E-state index contributed by atoms with van der Waals surface area (Å²) in [6, 6.07) is 23.6. The Bertz CT molecular complexity index is 1270. The third-order valence-electron chi connectivity index (χ3n) is 5.83. The number of carbonyl (C=O) groups excluding carboxylic acids is 1. The molecule has 1 N–H and O–H groups in total. The number of carbonyl (C=O) groups is 1. The number of amides is 1. The maximum Gasteiger partial charge on any atom is 0.251 e. The Morgan fingerprint density at radius 1 is 1.00 bits per heavy atom. The van der Waals surface area contributed by atoms with Crippen molar-refractivity contribution < 1.29 is 9.53 Å². The van der Waals surface area contributed by atoms with Gasteiger partial charge in [0.25, 0.3) is 5.91 Å². The molecule has 0 bridgehead atoms. The van der Waals surface area contributed by atoms with Crippen LogP contribution in [-0.2, 0) is 6.54 Å². The molecular weight excluding hydrogens is 444 g/mol. The summed E-state index contributed by atoms with van der Waals surface area (Å²) in [5.41, 5.74) is 5.13. The Morgan fingerprint density at radius 3 is 2.44 bits per heavy atom. The molecule has 4 aromatic rings. The quantitative estimate of drug-likeness (QED) is 0.334. The van der Waals surface area contributed by atoms with E-state index in [4.69, 9.17) is 4.74 Å². The third-order valence-corrected chi connectivity index (χ3v) is 6.93. The Morgan fingerprint density at radius 2 is 1.74 bits per heavy atom. The van der Waals surface area contributed by atoms with Crippen molar-refractivity contribution >= 4 is 17.7 Å². The summed E-state index contributed by atoms with van der Waals surface area (Å²) in [7, 11) is 1.60. The highest BCUT2D eigenvalue weighted by Gasteiger charge is 2.20. The number of nitrogens with zero attached hydrogens (tertiary/aromatic N) is 3. The van der Waals surface area contributed by atoms with Gasteiger partial charge in [0.05, 0.1) is 19.3 Å². The molecule has 0 aliphatic carbocycles. The van der Waals surface area contributed by atoms with Crippen molar-refractivity contribution in [2.24, 2.45) is 0 Å². The smallest absolute Gasteiger partial charge is 0.251 e. The predicted octanol–water partition coefficient (Wildman–Crippen LogP) is 5.68. The lowest BCUT2D eigenvalue weighted by Crippen LogP contribution is -2.24. The molecule has 1 aromatic heterocycles. The van der Waals surface area contributed by atoms with E-state index in [1.807, 2.05) is 24.3 Å². The van der Waals surface area contributed by atoms with E-state index in [1.54, 1.807) is 43.1 Å². The number of hydrogen-bond donors (Lipinski definition) is 1. The second-order valence-corrected chi connectivity index (χ2v) is 9.34. The summed E-state index contributed by atoms with van der Waals surface area (Å²) in [5.74, 6) is 1.21. The minimum absolute atomic E-state index is 0.176. The van der Waals surface area contributed by atoms with E-state index < -0.39 is 0 Å². The first-order valence-corrected chi connectivity index (χ1v) is 12.0. The lowest BCUT2D eigenvalue weighted by atomic mass is 10.1. The van der Waals surface area contributed by atoms with Crippen LogP contribution in [0.25, 0.3) is 5.69 Å². The Balaban J connectivity index is 1.62. The zero-order valence-corrected chi connectivity index (χ0v) is 20.6. The second kappa shape index (κ2) is 10.6. The largest absolute Gasteiger partial charge is 0.497 e. The number of nitrogens with one attached hydrogen (secondary N) is 1. The van der Waals surface area contributed by atoms with Gasteiger partial charge in [-0.3, -0.25) is 9.36 Å². The first-order valence-electron chi connectivity index (χ1n) is 11.1. The van der Waals surface area contributed by atoms with Crippen LogP contribution in [0.3, 0.4) is 0 Å². The van der Waals surface area contributed by atoms with E-state index in [0.717, 1.165) is 16.4 Å². The summed E-state index contributed by atoms with van der Waals surface area (Å²) in [6.45, 7) is 6.60. The minimum Gasteiger partial charge on any atom is -0.497 e. The normalized spacial score (nSPS) is 11.8. The SMILES string of the molecule is COc1ccc(C(=O)NCc2nnc(SC(C)c3ccccc3)n2-c2cccc(C)c2C)cc1. The second-order valence-electron chi connectivity index (χ2n) is 8.04. The average Bonchev–Trinajstić information content (AvgIpc) is 3.26. The van der Waals surface area contributed by atoms with Crippen LogP contribution in [-0.4, -0.2) is 27.8 Å². The summed E-state index contributed by atoms with van der Waals surface area (Å²) < 4.78 is 7.23. The van der Waals surface area contributed by atoms with Crippen molar-refractivity contribution in [3.63, 3.8) is 0 Å². The fraction of sp³-hybridized carbons (Fsp3) is 0.222. The number of rotatable bonds is 8. The first-order chi connectivity index (χ1) is 16.5. The Labute approximate surface area is 204 Å². The van der Waals surface area contributed by atoms with Gasteiger partial charge in [0.2, 0.25) is 0 Å². The first kappa shape index (κ1) is 23.6. The van der Waals surface area contributed by atoms with Crippen molar-refractivity contribution in [1.82, 2.24) is 20.1 Å². The molecular formula is C27H28N4O2S. The molecule has 0 spiro atoms. The molecule has 1 amide bonds. The molecule has 1 unspecified atom stereocenters. The van der Waals surface area contributed by atoms with E-state index in [2.05, 4.69) is 65.1 Å². The number of hydrogen-bond acceptors (Lipinski definition) is 5. The number of thioether (sulfide) groups is 1. The maximum atomic E-state index is 12.7. The van der Waals surface area contributed by atoms with E-state index in [9.17, 15) is 4.79 Å². The molecule has 0 aliphatic heterocycles. The summed E-state index contributed by atoms with van der Waals surface area (Å²) in [5, 5.41) is 12.9. The molecule has 0 saturated heterocycles. The zero-order chi connectivity index (χ0) is 24.1. The van der Waals surface area contributed by atoms with Crippen molar-refractivity contribution in [2.45, 2.75) is 37.7 Å². The van der Waals surface area contributed by atoms with Gasteiger partial charge < -0.3 is 10.1 Å². The number of aromatic nitrogens is 3. The van der Waals surface area contributed by atoms with Crippen LogP contribution in [0.15, 0.2) is 78.0 Å². The highest BCUT2D eigenvalue weighted by Crippen LogP contribution is 2.36. The fourth-order valence-electron chi connectivity index (χ4n) is 3.66. The fourth-order valence-corrected chi connectivity index (χ4v) is 4.67. The van der Waals surface area contributed by atoms with Gasteiger partial charge in [-0.25, -0.2) is 0 Å². The van der Waals surface area contributed by atoms with Crippen LogP contribution >= 0.6 is 11.8 Å². The van der Waals surface area contributed by atoms with Crippen molar-refractivity contribution in [3.05, 3.63) is 101 Å². The third kappa shape index (κ3) is 5.15.